The molecule has 0 aliphatic carbocycles. The van der Waals surface area contributed by atoms with Gasteiger partial charge in [0.2, 0.25) is 11.8 Å². The third-order valence-electron chi connectivity index (χ3n) is 6.20. The zero-order valence-corrected chi connectivity index (χ0v) is 24.2. The monoisotopic (exact) mass is 573 g/mol. The van der Waals surface area contributed by atoms with Crippen LogP contribution in [-0.2, 0) is 26.2 Å². The van der Waals surface area contributed by atoms with E-state index >= 15 is 0 Å². The van der Waals surface area contributed by atoms with Gasteiger partial charge in [0.15, 0.2) is 0 Å². The minimum Gasteiger partial charge on any atom is -0.352 e. The van der Waals surface area contributed by atoms with Crippen molar-refractivity contribution in [2.75, 3.05) is 10.8 Å². The van der Waals surface area contributed by atoms with Crippen molar-refractivity contribution in [1.29, 1.82) is 0 Å². The number of hydrogen-bond acceptors (Lipinski definition) is 4. The average Bonchev–Trinajstić information content (AvgIpc) is 2.88. The number of benzene rings is 3. The van der Waals surface area contributed by atoms with Gasteiger partial charge in [-0.2, -0.15) is 0 Å². The van der Waals surface area contributed by atoms with Crippen LogP contribution >= 0.6 is 11.6 Å². The molecule has 0 spiro atoms. The first kappa shape index (κ1) is 30.1. The first-order chi connectivity index (χ1) is 18.3. The van der Waals surface area contributed by atoms with Crippen molar-refractivity contribution < 1.29 is 22.4 Å². The predicted molar refractivity (Wildman–Crippen MR) is 152 cm³/mol. The van der Waals surface area contributed by atoms with E-state index in [1.807, 2.05) is 6.92 Å². The van der Waals surface area contributed by atoms with E-state index in [-0.39, 0.29) is 23.2 Å². The highest BCUT2D eigenvalue weighted by molar-refractivity contribution is 7.92. The molecule has 0 radical (unpaired) electrons. The summed E-state index contributed by atoms with van der Waals surface area (Å²) in [4.78, 5) is 28.1. The smallest absolute Gasteiger partial charge is 0.264 e. The Morgan fingerprint density at radius 1 is 0.949 bits per heavy atom. The molecule has 0 bridgehead atoms. The Balaban J connectivity index is 2.05. The zero-order chi connectivity index (χ0) is 28.9. The van der Waals surface area contributed by atoms with Crippen molar-refractivity contribution in [3.8, 4) is 0 Å². The number of nitrogens with one attached hydrogen (secondary N) is 1. The molecule has 0 fully saturated rings. The molecule has 0 saturated carbocycles. The molecule has 10 heteroatoms. The van der Waals surface area contributed by atoms with E-state index in [9.17, 15) is 22.4 Å². The molecule has 3 rings (SSSR count). The number of aryl methyl sites for hydroxylation is 2. The zero-order valence-electron chi connectivity index (χ0n) is 22.6. The fourth-order valence-corrected chi connectivity index (χ4v) is 5.46. The van der Waals surface area contributed by atoms with Crippen molar-refractivity contribution in [1.82, 2.24) is 10.2 Å². The molecule has 208 valence electrons. The van der Waals surface area contributed by atoms with E-state index in [4.69, 9.17) is 11.6 Å². The van der Waals surface area contributed by atoms with Crippen LogP contribution in [0.2, 0.25) is 5.02 Å². The van der Waals surface area contributed by atoms with E-state index in [1.54, 1.807) is 52.0 Å². The number of nitrogens with zero attached hydrogens (tertiary/aromatic N) is 2. The van der Waals surface area contributed by atoms with Crippen molar-refractivity contribution in [2.24, 2.45) is 0 Å². The van der Waals surface area contributed by atoms with E-state index < -0.39 is 40.2 Å². The van der Waals surface area contributed by atoms with E-state index in [1.165, 1.54) is 47.4 Å². The average molecular weight is 574 g/mol. The van der Waals surface area contributed by atoms with Gasteiger partial charge >= 0.3 is 0 Å². The second-order valence-corrected chi connectivity index (χ2v) is 12.0. The van der Waals surface area contributed by atoms with Crippen molar-refractivity contribution >= 4 is 39.1 Å². The van der Waals surface area contributed by atoms with E-state index in [0.29, 0.717) is 10.6 Å². The largest absolute Gasteiger partial charge is 0.352 e. The molecule has 1 N–H and O–H groups in total. The quantitative estimate of drug-likeness (QED) is 0.360. The van der Waals surface area contributed by atoms with E-state index in [0.717, 1.165) is 15.4 Å². The summed E-state index contributed by atoms with van der Waals surface area (Å²) < 4.78 is 42.2. The highest BCUT2D eigenvalue weighted by atomic mass is 35.5. The number of rotatable bonds is 10. The van der Waals surface area contributed by atoms with Gasteiger partial charge in [-0.15, -0.1) is 0 Å². The van der Waals surface area contributed by atoms with Gasteiger partial charge in [-0.25, -0.2) is 12.8 Å². The maximum Gasteiger partial charge on any atom is 0.264 e. The molecule has 0 aliphatic heterocycles. The summed E-state index contributed by atoms with van der Waals surface area (Å²) in [5.74, 6) is -1.45. The number of anilines is 1. The fourth-order valence-electron chi connectivity index (χ4n) is 3.88. The van der Waals surface area contributed by atoms with Crippen LogP contribution in [0.5, 0.6) is 0 Å². The lowest BCUT2D eigenvalue weighted by molar-refractivity contribution is -0.139. The molecular weight excluding hydrogens is 541 g/mol. The molecule has 0 heterocycles. The lowest BCUT2D eigenvalue weighted by Crippen LogP contribution is -2.52. The number of hydrogen-bond donors (Lipinski definition) is 1. The minimum absolute atomic E-state index is 0.00767. The molecule has 2 amide bonds. The van der Waals surface area contributed by atoms with Crippen LogP contribution in [-0.4, -0.2) is 43.8 Å². The normalized spacial score (nSPS) is 12.2. The Labute approximate surface area is 234 Å². The molecule has 1 atom stereocenters. The Morgan fingerprint density at radius 2 is 1.56 bits per heavy atom. The number of amides is 2. The molecule has 0 aromatic heterocycles. The summed E-state index contributed by atoms with van der Waals surface area (Å²) >= 11 is 6.33. The SMILES string of the molecule is Cc1ccc(S(=O)(=O)N(CC(=O)N(Cc2ccc(F)cc2)[C@H](C)C(=O)NC(C)C)c2ccc(C)c(Cl)c2)cc1. The Morgan fingerprint density at radius 3 is 2.13 bits per heavy atom. The molecule has 3 aromatic carbocycles. The van der Waals surface area contributed by atoms with Crippen molar-refractivity contribution in [3.63, 3.8) is 0 Å². The summed E-state index contributed by atoms with van der Waals surface area (Å²) in [5.41, 5.74) is 2.42. The molecular formula is C29H33ClFN3O4S. The molecule has 39 heavy (non-hydrogen) atoms. The Hall–Kier alpha value is -3.43. The topological polar surface area (TPSA) is 86.8 Å². The lowest BCUT2D eigenvalue weighted by atomic mass is 10.1. The highest BCUT2D eigenvalue weighted by Crippen LogP contribution is 2.28. The van der Waals surface area contributed by atoms with Gasteiger partial charge in [-0.3, -0.25) is 13.9 Å². The summed E-state index contributed by atoms with van der Waals surface area (Å²) in [7, 11) is -4.20. The van der Waals surface area contributed by atoms with E-state index in [2.05, 4.69) is 5.32 Å². The molecule has 3 aromatic rings. The summed E-state index contributed by atoms with van der Waals surface area (Å²) in [6, 6.07) is 15.5. The van der Waals surface area contributed by atoms with Crippen LogP contribution in [0.3, 0.4) is 0 Å². The van der Waals surface area contributed by atoms with Gasteiger partial charge in [-0.05, 0) is 82.1 Å². The molecule has 0 aliphatic rings. The lowest BCUT2D eigenvalue weighted by Gasteiger charge is -2.32. The van der Waals surface area contributed by atoms with Crippen molar-refractivity contribution in [2.45, 2.75) is 58.1 Å². The number of carbonyl (C=O) groups excluding carboxylic acids is 2. The van der Waals surface area contributed by atoms with Crippen LogP contribution in [0.25, 0.3) is 0 Å². The van der Waals surface area contributed by atoms with Crippen LogP contribution < -0.4 is 9.62 Å². The van der Waals surface area contributed by atoms with Gasteiger partial charge in [0.25, 0.3) is 10.0 Å². The second kappa shape index (κ2) is 12.6. The minimum atomic E-state index is -4.20. The van der Waals surface area contributed by atoms with Crippen molar-refractivity contribution in [3.05, 3.63) is 94.3 Å². The van der Waals surface area contributed by atoms with Gasteiger partial charge in [0, 0.05) is 17.6 Å². The third-order valence-corrected chi connectivity index (χ3v) is 8.39. The first-order valence-corrected chi connectivity index (χ1v) is 14.3. The highest BCUT2D eigenvalue weighted by Gasteiger charge is 2.33. The number of carbonyl (C=O) groups is 2. The van der Waals surface area contributed by atoms with Crippen LogP contribution in [0, 0.1) is 19.7 Å². The molecule has 7 nitrogen and oxygen atoms in total. The van der Waals surface area contributed by atoms with Gasteiger partial charge in [-0.1, -0.05) is 47.5 Å². The first-order valence-electron chi connectivity index (χ1n) is 12.5. The second-order valence-electron chi connectivity index (χ2n) is 9.75. The standard InChI is InChI=1S/C29H33ClFN3O4S/c1-19(2)32-29(36)22(5)33(17-23-9-11-24(31)12-10-23)28(35)18-34(25-13-8-21(4)27(30)16-25)39(37,38)26-14-6-20(3)7-15-26/h6-16,19,22H,17-18H2,1-5H3,(H,32,36)/t22-/m1/s1. The van der Waals surface area contributed by atoms with Gasteiger partial charge in [0.05, 0.1) is 10.6 Å². The summed E-state index contributed by atoms with van der Waals surface area (Å²) in [6.07, 6.45) is 0. The molecule has 0 unspecified atom stereocenters. The maximum absolute atomic E-state index is 13.8. The summed E-state index contributed by atoms with van der Waals surface area (Å²) in [5, 5.41) is 3.14. The number of halogens is 2. The Kier molecular flexibility index (Phi) is 9.74. The van der Waals surface area contributed by atoms with Crippen LogP contribution in [0.1, 0.15) is 37.5 Å². The van der Waals surface area contributed by atoms with Gasteiger partial charge < -0.3 is 10.2 Å². The predicted octanol–water partition coefficient (Wildman–Crippen LogP) is 5.23. The number of sulfonamides is 1. The Bertz CT molecular complexity index is 1430. The van der Waals surface area contributed by atoms with Gasteiger partial charge in [0.1, 0.15) is 18.4 Å². The maximum atomic E-state index is 13.8. The van der Waals surface area contributed by atoms with Crippen LogP contribution in [0.4, 0.5) is 10.1 Å². The molecule has 0 saturated heterocycles. The third kappa shape index (κ3) is 7.58. The van der Waals surface area contributed by atoms with Crippen LogP contribution in [0.15, 0.2) is 71.6 Å². The fraction of sp³-hybridized carbons (Fsp3) is 0.310. The summed E-state index contributed by atoms with van der Waals surface area (Å²) in [6.45, 7) is 8.18.